The van der Waals surface area contributed by atoms with E-state index < -0.39 is 0 Å². The zero-order valence-corrected chi connectivity index (χ0v) is 10.9. The van der Waals surface area contributed by atoms with Gasteiger partial charge in [0.25, 0.3) is 5.90 Å². The number of pyridine rings is 1. The minimum absolute atomic E-state index is 0.168. The molecule has 6 heteroatoms. The minimum Gasteiger partial charge on any atom is -0.474 e. The fraction of sp³-hybridized carbons (Fsp3) is 0.417. The molecule has 1 aromatic heterocycles. The van der Waals surface area contributed by atoms with E-state index in [1.54, 1.807) is 17.2 Å². The van der Waals surface area contributed by atoms with Crippen LogP contribution in [0, 0.1) is 0 Å². The highest BCUT2D eigenvalue weighted by atomic mass is 35.5. The third kappa shape index (κ3) is 2.98. The molecule has 1 aliphatic rings. The number of hydrogen-bond donors (Lipinski definition) is 0. The van der Waals surface area contributed by atoms with Crippen molar-refractivity contribution in [2.75, 3.05) is 19.7 Å². The number of carbonyl (C=O) groups is 1. The summed E-state index contributed by atoms with van der Waals surface area (Å²) in [6.45, 7) is 3.94. The van der Waals surface area contributed by atoms with Crippen LogP contribution in [0.5, 0.6) is 0 Å². The van der Waals surface area contributed by atoms with Crippen LogP contribution < -0.4 is 0 Å². The van der Waals surface area contributed by atoms with Gasteiger partial charge in [-0.25, -0.2) is 9.98 Å². The second kappa shape index (κ2) is 5.82. The van der Waals surface area contributed by atoms with E-state index in [0.29, 0.717) is 31.4 Å². The molecule has 1 amide bonds. The monoisotopic (exact) mass is 267 g/mol. The molecule has 2 rings (SSSR count). The highest BCUT2D eigenvalue weighted by molar-refractivity contribution is 6.35. The van der Waals surface area contributed by atoms with E-state index in [2.05, 4.69) is 9.98 Å². The molecule has 1 aromatic rings. The van der Waals surface area contributed by atoms with Crippen molar-refractivity contribution in [3.05, 3.63) is 29.0 Å². The number of amides is 1. The van der Waals surface area contributed by atoms with Crippen molar-refractivity contribution in [3.8, 4) is 0 Å². The van der Waals surface area contributed by atoms with Gasteiger partial charge in [0.2, 0.25) is 0 Å². The van der Waals surface area contributed by atoms with Gasteiger partial charge in [0, 0.05) is 19.3 Å². The maximum Gasteiger partial charge on any atom is 0.309 e. The summed E-state index contributed by atoms with van der Waals surface area (Å²) in [6.07, 6.45) is 1.67. The van der Waals surface area contributed by atoms with Gasteiger partial charge in [0.1, 0.15) is 5.15 Å². The number of halogens is 1. The fourth-order valence-electron chi connectivity index (χ4n) is 1.69. The average molecular weight is 268 g/mol. The number of hydrogen-bond acceptors (Lipinski definition) is 4. The van der Waals surface area contributed by atoms with Gasteiger partial charge in [-0.1, -0.05) is 17.7 Å². The van der Waals surface area contributed by atoms with E-state index in [9.17, 15) is 4.79 Å². The van der Waals surface area contributed by atoms with Crippen LogP contribution in [0.3, 0.4) is 0 Å². The number of aliphatic imine (C=N–C) groups is 1. The van der Waals surface area contributed by atoms with Gasteiger partial charge in [0.05, 0.1) is 13.2 Å². The lowest BCUT2D eigenvalue weighted by molar-refractivity contribution is -0.126. The third-order valence-corrected chi connectivity index (χ3v) is 2.76. The Kier molecular flexibility index (Phi) is 4.15. The molecule has 0 aromatic carbocycles. The van der Waals surface area contributed by atoms with Crippen LogP contribution in [0.15, 0.2) is 23.3 Å². The summed E-state index contributed by atoms with van der Waals surface area (Å²) < 4.78 is 5.20. The molecule has 18 heavy (non-hydrogen) atoms. The van der Waals surface area contributed by atoms with Gasteiger partial charge in [-0.15, -0.1) is 0 Å². The molecule has 2 heterocycles. The Hall–Kier alpha value is -1.62. The summed E-state index contributed by atoms with van der Waals surface area (Å²) in [5, 5.41) is 0.445. The fourth-order valence-corrected chi connectivity index (χ4v) is 1.80. The zero-order valence-electron chi connectivity index (χ0n) is 10.1. The van der Waals surface area contributed by atoms with Gasteiger partial charge in [-0.3, -0.25) is 4.79 Å². The number of carbonyl (C=O) groups excluding carboxylic acids is 1. The molecular weight excluding hydrogens is 254 g/mol. The van der Waals surface area contributed by atoms with Crippen molar-refractivity contribution < 1.29 is 9.53 Å². The molecule has 0 spiro atoms. The van der Waals surface area contributed by atoms with Gasteiger partial charge in [-0.2, -0.15) is 0 Å². The highest BCUT2D eigenvalue weighted by Crippen LogP contribution is 2.10. The Morgan fingerprint density at radius 3 is 3.00 bits per heavy atom. The molecule has 0 radical (unpaired) electrons. The maximum atomic E-state index is 12.0. The molecule has 0 saturated heterocycles. The summed E-state index contributed by atoms with van der Waals surface area (Å²) >= 11 is 5.72. The Morgan fingerprint density at radius 2 is 2.33 bits per heavy atom. The van der Waals surface area contributed by atoms with E-state index in [1.807, 2.05) is 13.0 Å². The lowest BCUT2D eigenvalue weighted by Crippen LogP contribution is -2.42. The standard InChI is InChI=1S/C12H14ClN3O2/c1-2-18-11-12(17)16(6-5-14-11)8-9-3-4-10(13)15-7-9/h3-4,7H,2,5-6,8H2,1H3. The van der Waals surface area contributed by atoms with Crippen LogP contribution in [-0.4, -0.2) is 41.4 Å². The molecule has 0 bridgehead atoms. The smallest absolute Gasteiger partial charge is 0.309 e. The largest absolute Gasteiger partial charge is 0.474 e. The summed E-state index contributed by atoms with van der Waals surface area (Å²) in [5.74, 6) is 0.0312. The number of ether oxygens (including phenoxy) is 1. The predicted octanol–water partition coefficient (Wildman–Crippen LogP) is 1.51. The van der Waals surface area contributed by atoms with E-state index in [4.69, 9.17) is 16.3 Å². The lowest BCUT2D eigenvalue weighted by Gasteiger charge is -2.25. The van der Waals surface area contributed by atoms with E-state index in [0.717, 1.165) is 5.56 Å². The van der Waals surface area contributed by atoms with Crippen molar-refractivity contribution in [2.45, 2.75) is 13.5 Å². The average Bonchev–Trinajstić information content (AvgIpc) is 2.37. The Balaban J connectivity index is 2.04. The molecule has 0 N–H and O–H groups in total. The van der Waals surface area contributed by atoms with Crippen LogP contribution in [0.1, 0.15) is 12.5 Å². The zero-order chi connectivity index (χ0) is 13.0. The van der Waals surface area contributed by atoms with Crippen molar-refractivity contribution in [2.24, 2.45) is 4.99 Å². The molecular formula is C12H14ClN3O2. The first-order valence-electron chi connectivity index (χ1n) is 5.77. The molecule has 0 atom stereocenters. The number of aromatic nitrogens is 1. The van der Waals surface area contributed by atoms with Crippen molar-refractivity contribution in [1.82, 2.24) is 9.88 Å². The molecule has 5 nitrogen and oxygen atoms in total. The normalized spacial score (nSPS) is 15.6. The molecule has 1 aliphatic heterocycles. The summed E-state index contributed by atoms with van der Waals surface area (Å²) in [7, 11) is 0. The maximum absolute atomic E-state index is 12.0. The van der Waals surface area contributed by atoms with Crippen molar-refractivity contribution >= 4 is 23.4 Å². The van der Waals surface area contributed by atoms with Crippen LogP contribution in [-0.2, 0) is 16.1 Å². The van der Waals surface area contributed by atoms with Crippen LogP contribution in [0.4, 0.5) is 0 Å². The van der Waals surface area contributed by atoms with Crippen LogP contribution in [0.25, 0.3) is 0 Å². The first-order chi connectivity index (χ1) is 8.70. The van der Waals surface area contributed by atoms with E-state index in [1.165, 1.54) is 0 Å². The van der Waals surface area contributed by atoms with Gasteiger partial charge in [-0.05, 0) is 18.6 Å². The quantitative estimate of drug-likeness (QED) is 0.780. The second-order valence-corrected chi connectivity index (χ2v) is 4.22. The van der Waals surface area contributed by atoms with Gasteiger partial charge < -0.3 is 9.64 Å². The van der Waals surface area contributed by atoms with Gasteiger partial charge >= 0.3 is 5.91 Å². The minimum atomic E-state index is -0.168. The highest BCUT2D eigenvalue weighted by Gasteiger charge is 2.24. The Morgan fingerprint density at radius 1 is 1.50 bits per heavy atom. The summed E-state index contributed by atoms with van der Waals surface area (Å²) in [6, 6.07) is 3.57. The molecule has 0 saturated carbocycles. The van der Waals surface area contributed by atoms with E-state index >= 15 is 0 Å². The SMILES string of the molecule is CCOC1=NCCN(Cc2ccc(Cl)nc2)C1=O. The predicted molar refractivity (Wildman–Crippen MR) is 68.6 cm³/mol. The first-order valence-corrected chi connectivity index (χ1v) is 6.15. The third-order valence-electron chi connectivity index (χ3n) is 2.54. The van der Waals surface area contributed by atoms with Crippen molar-refractivity contribution in [3.63, 3.8) is 0 Å². The van der Waals surface area contributed by atoms with Crippen LogP contribution >= 0.6 is 11.6 Å². The van der Waals surface area contributed by atoms with E-state index in [-0.39, 0.29) is 11.8 Å². The number of rotatable bonds is 3. The number of nitrogens with zero attached hydrogens (tertiary/aromatic N) is 3. The molecule has 0 aliphatic carbocycles. The summed E-state index contributed by atoms with van der Waals surface area (Å²) in [5.41, 5.74) is 0.936. The topological polar surface area (TPSA) is 54.8 Å². The Bertz CT molecular complexity index is 459. The lowest BCUT2D eigenvalue weighted by atomic mass is 10.2. The second-order valence-electron chi connectivity index (χ2n) is 3.84. The molecule has 0 fully saturated rings. The van der Waals surface area contributed by atoms with Gasteiger partial charge in [0.15, 0.2) is 0 Å². The molecule has 96 valence electrons. The Labute approximate surface area is 110 Å². The summed E-state index contributed by atoms with van der Waals surface area (Å²) in [4.78, 5) is 21.8. The molecule has 0 unspecified atom stereocenters. The first kappa shape index (κ1) is 12.8. The van der Waals surface area contributed by atoms with Crippen molar-refractivity contribution in [1.29, 1.82) is 0 Å². The van der Waals surface area contributed by atoms with Crippen LogP contribution in [0.2, 0.25) is 5.15 Å².